The molecule has 1 aromatic carbocycles. The summed E-state index contributed by atoms with van der Waals surface area (Å²) in [5.41, 5.74) is 2.15. The average Bonchev–Trinajstić information content (AvgIpc) is 2.54. The van der Waals surface area contributed by atoms with Crippen molar-refractivity contribution in [1.29, 1.82) is 0 Å². The van der Waals surface area contributed by atoms with E-state index in [1.54, 1.807) is 7.11 Å². The number of aliphatic hydroxyl groups excluding tert-OH is 1. The first-order valence-electron chi connectivity index (χ1n) is 8.03. The molecule has 2 saturated heterocycles. The first-order chi connectivity index (χ1) is 10.3. The third-order valence-electron chi connectivity index (χ3n) is 4.84. The second kappa shape index (κ2) is 6.77. The second-order valence-corrected chi connectivity index (χ2v) is 6.23. The molecule has 0 radical (unpaired) electrons. The van der Waals surface area contributed by atoms with Gasteiger partial charge in [-0.05, 0) is 37.1 Å². The summed E-state index contributed by atoms with van der Waals surface area (Å²) >= 11 is 0. The SMILES string of the molecule is COc1ccc(CO)cc1CN1CCN2CCCCC2C1. The van der Waals surface area contributed by atoms with Gasteiger partial charge in [-0.2, -0.15) is 0 Å². The van der Waals surface area contributed by atoms with Crippen molar-refractivity contribution in [2.45, 2.75) is 38.5 Å². The minimum absolute atomic E-state index is 0.0907. The molecular formula is C17H26N2O2. The predicted octanol–water partition coefficient (Wildman–Crippen LogP) is 1.86. The van der Waals surface area contributed by atoms with Crippen molar-refractivity contribution < 1.29 is 9.84 Å². The average molecular weight is 290 g/mol. The highest BCUT2D eigenvalue weighted by molar-refractivity contribution is 5.37. The molecule has 3 rings (SSSR count). The highest BCUT2D eigenvalue weighted by Gasteiger charge is 2.29. The molecule has 21 heavy (non-hydrogen) atoms. The topological polar surface area (TPSA) is 35.9 Å². The number of benzene rings is 1. The van der Waals surface area contributed by atoms with Crippen LogP contribution >= 0.6 is 0 Å². The standard InChI is InChI=1S/C17H26N2O2/c1-21-17-6-5-14(13-20)10-15(17)11-18-8-9-19-7-3-2-4-16(19)12-18/h5-6,10,16,20H,2-4,7-9,11-13H2,1H3. The summed E-state index contributed by atoms with van der Waals surface area (Å²) in [6, 6.07) is 6.71. The van der Waals surface area contributed by atoms with Gasteiger partial charge in [-0.3, -0.25) is 9.80 Å². The molecule has 2 aliphatic heterocycles. The lowest BCUT2D eigenvalue weighted by Gasteiger charge is -2.44. The number of fused-ring (bicyclic) bond motifs is 1. The van der Waals surface area contributed by atoms with Crippen LogP contribution in [0.15, 0.2) is 18.2 Å². The molecule has 2 heterocycles. The van der Waals surface area contributed by atoms with Crippen LogP contribution < -0.4 is 4.74 Å². The molecule has 0 amide bonds. The van der Waals surface area contributed by atoms with Crippen molar-refractivity contribution in [3.05, 3.63) is 29.3 Å². The molecule has 0 saturated carbocycles. The Kier molecular flexibility index (Phi) is 4.78. The van der Waals surface area contributed by atoms with Crippen LogP contribution in [-0.2, 0) is 13.2 Å². The van der Waals surface area contributed by atoms with Gasteiger partial charge < -0.3 is 9.84 Å². The Morgan fingerprint density at radius 2 is 2.14 bits per heavy atom. The first-order valence-corrected chi connectivity index (χ1v) is 8.03. The third kappa shape index (κ3) is 3.39. The monoisotopic (exact) mass is 290 g/mol. The van der Waals surface area contributed by atoms with Crippen LogP contribution in [0.3, 0.4) is 0 Å². The van der Waals surface area contributed by atoms with E-state index in [-0.39, 0.29) is 6.61 Å². The van der Waals surface area contributed by atoms with Crippen LogP contribution in [-0.4, -0.2) is 54.2 Å². The highest BCUT2D eigenvalue weighted by atomic mass is 16.5. The van der Waals surface area contributed by atoms with Gasteiger partial charge in [0.05, 0.1) is 13.7 Å². The number of hydrogen-bond acceptors (Lipinski definition) is 4. The van der Waals surface area contributed by atoms with E-state index < -0.39 is 0 Å². The summed E-state index contributed by atoms with van der Waals surface area (Å²) in [5, 5.41) is 9.32. The summed E-state index contributed by atoms with van der Waals surface area (Å²) in [5.74, 6) is 0.929. The maximum absolute atomic E-state index is 9.32. The molecule has 4 heteroatoms. The molecule has 4 nitrogen and oxygen atoms in total. The lowest BCUT2D eigenvalue weighted by molar-refractivity contribution is 0.0453. The van der Waals surface area contributed by atoms with E-state index in [1.165, 1.54) is 37.9 Å². The van der Waals surface area contributed by atoms with Gasteiger partial charge in [0.1, 0.15) is 5.75 Å². The first kappa shape index (κ1) is 14.8. The van der Waals surface area contributed by atoms with Crippen LogP contribution in [0.4, 0.5) is 0 Å². The smallest absolute Gasteiger partial charge is 0.123 e. The van der Waals surface area contributed by atoms with Crippen molar-refractivity contribution in [2.75, 3.05) is 33.3 Å². The van der Waals surface area contributed by atoms with Gasteiger partial charge in [0.25, 0.3) is 0 Å². The van der Waals surface area contributed by atoms with Crippen LogP contribution in [0, 0.1) is 0 Å². The van der Waals surface area contributed by atoms with Crippen LogP contribution in [0.25, 0.3) is 0 Å². The zero-order chi connectivity index (χ0) is 14.7. The quantitative estimate of drug-likeness (QED) is 0.918. The van der Waals surface area contributed by atoms with Gasteiger partial charge in [0.15, 0.2) is 0 Å². The molecule has 1 N–H and O–H groups in total. The number of hydrogen-bond donors (Lipinski definition) is 1. The summed E-state index contributed by atoms with van der Waals surface area (Å²) in [7, 11) is 1.72. The van der Waals surface area contributed by atoms with Gasteiger partial charge in [-0.15, -0.1) is 0 Å². The van der Waals surface area contributed by atoms with E-state index in [2.05, 4.69) is 15.9 Å². The maximum Gasteiger partial charge on any atom is 0.123 e. The Balaban J connectivity index is 1.68. The maximum atomic E-state index is 9.32. The molecule has 0 bridgehead atoms. The molecule has 2 fully saturated rings. The lowest BCUT2D eigenvalue weighted by Crippen LogP contribution is -2.54. The number of ether oxygens (including phenoxy) is 1. The minimum atomic E-state index is 0.0907. The zero-order valence-electron chi connectivity index (χ0n) is 12.9. The van der Waals surface area contributed by atoms with Gasteiger partial charge in [0, 0.05) is 37.8 Å². The summed E-state index contributed by atoms with van der Waals surface area (Å²) in [4.78, 5) is 5.19. The van der Waals surface area contributed by atoms with Gasteiger partial charge in [-0.25, -0.2) is 0 Å². The molecule has 1 unspecified atom stereocenters. The largest absolute Gasteiger partial charge is 0.496 e. The summed E-state index contributed by atoms with van der Waals surface area (Å²) in [6.45, 7) is 5.76. The molecule has 1 atom stereocenters. The Morgan fingerprint density at radius 3 is 2.95 bits per heavy atom. The van der Waals surface area contributed by atoms with Crippen LogP contribution in [0.1, 0.15) is 30.4 Å². The van der Waals surface area contributed by atoms with E-state index in [1.807, 2.05) is 12.1 Å². The molecule has 0 aromatic heterocycles. The highest BCUT2D eigenvalue weighted by Crippen LogP contribution is 2.25. The number of nitrogens with zero attached hydrogens (tertiary/aromatic N) is 2. The van der Waals surface area contributed by atoms with Crippen molar-refractivity contribution in [2.24, 2.45) is 0 Å². The Hall–Kier alpha value is -1.10. The van der Waals surface area contributed by atoms with Gasteiger partial charge in [-0.1, -0.05) is 12.5 Å². The number of aliphatic hydroxyl groups is 1. The molecule has 1 aromatic rings. The molecule has 116 valence electrons. The normalized spacial score (nSPS) is 23.8. The molecule has 0 aliphatic carbocycles. The van der Waals surface area contributed by atoms with Crippen LogP contribution in [0.2, 0.25) is 0 Å². The van der Waals surface area contributed by atoms with Crippen molar-refractivity contribution in [1.82, 2.24) is 9.80 Å². The molecular weight excluding hydrogens is 264 g/mol. The molecule has 0 spiro atoms. The Labute approximate surface area is 127 Å². The predicted molar refractivity (Wildman–Crippen MR) is 83.4 cm³/mol. The summed E-state index contributed by atoms with van der Waals surface area (Å²) in [6.07, 6.45) is 4.07. The molecule has 2 aliphatic rings. The fourth-order valence-electron chi connectivity index (χ4n) is 3.66. The van der Waals surface area contributed by atoms with Crippen molar-refractivity contribution in [3.63, 3.8) is 0 Å². The minimum Gasteiger partial charge on any atom is -0.496 e. The van der Waals surface area contributed by atoms with E-state index in [0.29, 0.717) is 0 Å². The lowest BCUT2D eigenvalue weighted by atomic mass is 9.99. The summed E-state index contributed by atoms with van der Waals surface area (Å²) < 4.78 is 5.47. The number of piperazine rings is 1. The van der Waals surface area contributed by atoms with Crippen LogP contribution in [0.5, 0.6) is 5.75 Å². The van der Waals surface area contributed by atoms with E-state index in [4.69, 9.17) is 4.74 Å². The van der Waals surface area contributed by atoms with Crippen molar-refractivity contribution >= 4 is 0 Å². The number of rotatable bonds is 4. The number of piperidine rings is 1. The Bertz CT molecular complexity index is 478. The fourth-order valence-corrected chi connectivity index (χ4v) is 3.66. The van der Waals surface area contributed by atoms with E-state index in [9.17, 15) is 5.11 Å². The van der Waals surface area contributed by atoms with Gasteiger partial charge in [0.2, 0.25) is 0 Å². The third-order valence-corrected chi connectivity index (χ3v) is 4.84. The number of methoxy groups -OCH3 is 1. The van der Waals surface area contributed by atoms with Crippen molar-refractivity contribution in [3.8, 4) is 5.75 Å². The van der Waals surface area contributed by atoms with E-state index >= 15 is 0 Å². The van der Waals surface area contributed by atoms with E-state index in [0.717, 1.165) is 37.0 Å². The Morgan fingerprint density at radius 1 is 1.24 bits per heavy atom. The van der Waals surface area contributed by atoms with Gasteiger partial charge >= 0.3 is 0 Å². The second-order valence-electron chi connectivity index (χ2n) is 6.23. The fraction of sp³-hybridized carbons (Fsp3) is 0.647. The zero-order valence-corrected chi connectivity index (χ0v) is 12.9.